The Hall–Kier alpha value is -0.900. The second kappa shape index (κ2) is 3.87. The smallest absolute Gasteiger partial charge is 0.0604 e. The Labute approximate surface area is 77.7 Å². The average molecular weight is 178 g/mol. The van der Waals surface area contributed by atoms with Gasteiger partial charge in [0.1, 0.15) is 0 Å². The molecule has 0 aliphatic carbocycles. The van der Waals surface area contributed by atoms with E-state index in [0.717, 1.165) is 6.54 Å². The monoisotopic (exact) mass is 178 g/mol. The zero-order valence-corrected chi connectivity index (χ0v) is 7.40. The molecule has 1 saturated heterocycles. The molecule has 2 unspecified atom stereocenters. The summed E-state index contributed by atoms with van der Waals surface area (Å²) in [6.45, 7) is 1.06. The Morgan fingerprint density at radius 2 is 2.08 bits per heavy atom. The minimum absolute atomic E-state index is 0.141. The van der Waals surface area contributed by atoms with Gasteiger partial charge in [-0.2, -0.15) is 0 Å². The van der Waals surface area contributed by atoms with E-state index in [1.165, 1.54) is 5.56 Å². The molecule has 1 aliphatic heterocycles. The van der Waals surface area contributed by atoms with Crippen LogP contribution in [-0.4, -0.2) is 24.3 Å². The molecule has 2 atom stereocenters. The third kappa shape index (κ3) is 1.72. The van der Waals surface area contributed by atoms with Crippen LogP contribution in [0.1, 0.15) is 11.5 Å². The maximum Gasteiger partial charge on any atom is 0.0604 e. The van der Waals surface area contributed by atoms with Crippen LogP contribution < -0.4 is 10.9 Å². The summed E-state index contributed by atoms with van der Waals surface area (Å²) in [5.41, 5.74) is 7.39. The molecule has 13 heavy (non-hydrogen) atoms. The number of benzene rings is 1. The fourth-order valence-corrected chi connectivity index (χ4v) is 1.77. The Morgan fingerprint density at radius 3 is 2.77 bits per heavy atom. The van der Waals surface area contributed by atoms with Crippen molar-refractivity contribution in [1.82, 2.24) is 10.9 Å². The molecular weight excluding hydrogens is 164 g/mol. The average Bonchev–Trinajstić information content (AvgIpc) is 2.67. The topological polar surface area (TPSA) is 44.3 Å². The van der Waals surface area contributed by atoms with Crippen LogP contribution >= 0.6 is 0 Å². The van der Waals surface area contributed by atoms with Gasteiger partial charge in [-0.3, -0.25) is 10.9 Å². The zero-order chi connectivity index (χ0) is 9.10. The number of nitrogens with one attached hydrogen (secondary N) is 2. The van der Waals surface area contributed by atoms with Gasteiger partial charge in [0.2, 0.25) is 0 Å². The lowest BCUT2D eigenvalue weighted by Gasteiger charge is -2.15. The fraction of sp³-hybridized carbons (Fsp3) is 0.400. The highest BCUT2D eigenvalue weighted by Gasteiger charge is 2.26. The number of aliphatic hydroxyl groups is 1. The summed E-state index contributed by atoms with van der Waals surface area (Å²) < 4.78 is 0. The fourth-order valence-electron chi connectivity index (χ4n) is 1.77. The first-order valence-electron chi connectivity index (χ1n) is 4.56. The van der Waals surface area contributed by atoms with Gasteiger partial charge in [0.05, 0.1) is 12.6 Å². The molecule has 1 fully saturated rings. The van der Waals surface area contributed by atoms with Crippen molar-refractivity contribution in [2.45, 2.75) is 12.0 Å². The second-order valence-corrected chi connectivity index (χ2v) is 3.33. The first kappa shape index (κ1) is 8.69. The molecule has 0 radical (unpaired) electrons. The van der Waals surface area contributed by atoms with Gasteiger partial charge >= 0.3 is 0 Å². The van der Waals surface area contributed by atoms with Crippen molar-refractivity contribution in [2.24, 2.45) is 0 Å². The maximum absolute atomic E-state index is 9.10. The molecule has 1 aromatic rings. The van der Waals surface area contributed by atoms with Gasteiger partial charge < -0.3 is 5.11 Å². The van der Waals surface area contributed by atoms with Crippen molar-refractivity contribution in [3.05, 3.63) is 35.9 Å². The van der Waals surface area contributed by atoms with Crippen LogP contribution in [-0.2, 0) is 0 Å². The molecule has 0 bridgehead atoms. The van der Waals surface area contributed by atoms with Gasteiger partial charge in [0.15, 0.2) is 0 Å². The standard InChI is InChI=1S/C10H14N2O/c13-7-10-9(6-11-12-10)8-4-2-1-3-5-8/h1-5,9-13H,6-7H2. The Kier molecular flexibility index (Phi) is 2.59. The number of hydrazine groups is 1. The first-order chi connectivity index (χ1) is 6.42. The normalized spacial score (nSPS) is 27.8. The van der Waals surface area contributed by atoms with Crippen molar-refractivity contribution >= 4 is 0 Å². The van der Waals surface area contributed by atoms with Crippen molar-refractivity contribution < 1.29 is 5.11 Å². The third-order valence-corrected chi connectivity index (χ3v) is 2.52. The van der Waals surface area contributed by atoms with Gasteiger partial charge in [0, 0.05) is 12.5 Å². The van der Waals surface area contributed by atoms with Crippen molar-refractivity contribution in [1.29, 1.82) is 0 Å². The van der Waals surface area contributed by atoms with Gasteiger partial charge in [0.25, 0.3) is 0 Å². The summed E-state index contributed by atoms with van der Waals surface area (Å²) >= 11 is 0. The van der Waals surface area contributed by atoms with Crippen LogP contribution in [0.5, 0.6) is 0 Å². The number of aliphatic hydroxyl groups excluding tert-OH is 1. The van der Waals surface area contributed by atoms with Gasteiger partial charge in [-0.05, 0) is 5.56 Å². The molecule has 70 valence electrons. The van der Waals surface area contributed by atoms with Crippen LogP contribution in [0, 0.1) is 0 Å². The highest BCUT2D eigenvalue weighted by atomic mass is 16.3. The Balaban J connectivity index is 2.16. The highest BCUT2D eigenvalue weighted by molar-refractivity contribution is 5.22. The third-order valence-electron chi connectivity index (χ3n) is 2.52. The predicted octanol–water partition coefficient (Wildman–Crippen LogP) is 0.239. The van der Waals surface area contributed by atoms with Crippen LogP contribution in [0.4, 0.5) is 0 Å². The van der Waals surface area contributed by atoms with E-state index in [4.69, 9.17) is 5.11 Å². The van der Waals surface area contributed by atoms with E-state index >= 15 is 0 Å². The molecule has 0 amide bonds. The molecule has 3 heteroatoms. The Morgan fingerprint density at radius 1 is 1.31 bits per heavy atom. The van der Waals surface area contributed by atoms with E-state index in [9.17, 15) is 0 Å². The van der Waals surface area contributed by atoms with Gasteiger partial charge in [-0.25, -0.2) is 0 Å². The minimum atomic E-state index is 0.141. The van der Waals surface area contributed by atoms with E-state index < -0.39 is 0 Å². The second-order valence-electron chi connectivity index (χ2n) is 3.33. The van der Waals surface area contributed by atoms with E-state index in [2.05, 4.69) is 23.0 Å². The summed E-state index contributed by atoms with van der Waals surface area (Å²) in [5.74, 6) is 0.381. The summed E-state index contributed by atoms with van der Waals surface area (Å²) in [7, 11) is 0. The zero-order valence-electron chi connectivity index (χ0n) is 7.40. The molecule has 0 spiro atoms. The van der Waals surface area contributed by atoms with E-state index in [1.54, 1.807) is 0 Å². The van der Waals surface area contributed by atoms with Crippen molar-refractivity contribution in [3.8, 4) is 0 Å². The maximum atomic E-state index is 9.10. The first-order valence-corrected chi connectivity index (χ1v) is 4.56. The van der Waals surface area contributed by atoms with Gasteiger partial charge in [-0.1, -0.05) is 30.3 Å². The lowest BCUT2D eigenvalue weighted by atomic mass is 9.94. The molecule has 0 aromatic heterocycles. The van der Waals surface area contributed by atoms with E-state index in [1.807, 2.05) is 18.2 Å². The largest absolute Gasteiger partial charge is 0.395 e. The molecular formula is C10H14N2O. The summed E-state index contributed by atoms with van der Waals surface area (Å²) in [6.07, 6.45) is 0. The predicted molar refractivity (Wildman–Crippen MR) is 51.2 cm³/mol. The van der Waals surface area contributed by atoms with E-state index in [-0.39, 0.29) is 12.6 Å². The quantitative estimate of drug-likeness (QED) is 0.608. The molecule has 3 N–H and O–H groups in total. The summed E-state index contributed by atoms with van der Waals surface area (Å²) in [4.78, 5) is 0. The van der Waals surface area contributed by atoms with Gasteiger partial charge in [-0.15, -0.1) is 0 Å². The number of rotatable bonds is 2. The molecule has 1 aliphatic rings. The molecule has 2 rings (SSSR count). The lowest BCUT2D eigenvalue weighted by molar-refractivity contribution is 0.243. The molecule has 1 heterocycles. The van der Waals surface area contributed by atoms with E-state index in [0.29, 0.717) is 5.92 Å². The SMILES string of the molecule is OCC1NNCC1c1ccccc1. The van der Waals surface area contributed by atoms with Crippen LogP contribution in [0.3, 0.4) is 0 Å². The van der Waals surface area contributed by atoms with Crippen molar-refractivity contribution in [3.63, 3.8) is 0 Å². The Bertz CT molecular complexity index is 263. The molecule has 3 nitrogen and oxygen atoms in total. The van der Waals surface area contributed by atoms with Crippen LogP contribution in [0.2, 0.25) is 0 Å². The highest BCUT2D eigenvalue weighted by Crippen LogP contribution is 2.21. The van der Waals surface area contributed by atoms with Crippen LogP contribution in [0.15, 0.2) is 30.3 Å². The minimum Gasteiger partial charge on any atom is -0.395 e. The molecule has 0 saturated carbocycles. The molecule has 1 aromatic carbocycles. The summed E-state index contributed by atoms with van der Waals surface area (Å²) in [6, 6.07) is 10.4. The lowest BCUT2D eigenvalue weighted by Crippen LogP contribution is -2.34. The number of hydrogen-bond donors (Lipinski definition) is 3. The van der Waals surface area contributed by atoms with Crippen LogP contribution in [0.25, 0.3) is 0 Å². The number of hydrogen-bond acceptors (Lipinski definition) is 3. The van der Waals surface area contributed by atoms with Crippen molar-refractivity contribution in [2.75, 3.05) is 13.2 Å². The summed E-state index contributed by atoms with van der Waals surface area (Å²) in [5, 5.41) is 9.10.